The van der Waals surface area contributed by atoms with Crippen molar-refractivity contribution in [1.29, 1.82) is 0 Å². The van der Waals surface area contributed by atoms with E-state index in [1.165, 1.54) is 5.56 Å². The molecule has 1 amide bonds. The number of benzene rings is 1. The smallest absolute Gasteiger partial charge is 0.223 e. The molecule has 1 aromatic heterocycles. The number of hydrogen-bond acceptors (Lipinski definition) is 4. The molecule has 6 heteroatoms. The number of piperidine rings is 1. The number of aliphatic hydroxyl groups is 1. The predicted octanol–water partition coefficient (Wildman–Crippen LogP) is 1.72. The second-order valence-corrected chi connectivity index (χ2v) is 7.22. The highest BCUT2D eigenvalue weighted by Crippen LogP contribution is 2.25. The lowest BCUT2D eigenvalue weighted by molar-refractivity contribution is -0.128. The van der Waals surface area contributed by atoms with Gasteiger partial charge < -0.3 is 15.0 Å². The van der Waals surface area contributed by atoms with Crippen molar-refractivity contribution in [2.75, 3.05) is 19.6 Å². The Morgan fingerprint density at radius 2 is 2.15 bits per heavy atom. The lowest BCUT2D eigenvalue weighted by atomic mass is 9.89. The Labute approximate surface area is 154 Å². The molecule has 1 aliphatic rings. The van der Waals surface area contributed by atoms with Crippen molar-refractivity contribution in [3.8, 4) is 0 Å². The van der Waals surface area contributed by atoms with Crippen LogP contribution in [0.15, 0.2) is 42.7 Å². The van der Waals surface area contributed by atoms with Gasteiger partial charge in [0.2, 0.25) is 5.91 Å². The minimum absolute atomic E-state index is 0.0909. The van der Waals surface area contributed by atoms with E-state index in [2.05, 4.69) is 27.3 Å². The van der Waals surface area contributed by atoms with Gasteiger partial charge in [-0.15, -0.1) is 0 Å². The van der Waals surface area contributed by atoms with Crippen LogP contribution in [0, 0.1) is 6.92 Å². The summed E-state index contributed by atoms with van der Waals surface area (Å²) in [5.74, 6) is 0.841. The zero-order chi connectivity index (χ0) is 18.4. The summed E-state index contributed by atoms with van der Waals surface area (Å²) in [4.78, 5) is 18.7. The van der Waals surface area contributed by atoms with Gasteiger partial charge in [-0.05, 0) is 31.9 Å². The standard InChI is InChI=1S/C20H28N4O2/c1-17-21-9-12-24(17)13-10-22-19(25)14-20(26)8-5-11-23(16-20)15-18-6-3-2-4-7-18/h2-4,6-7,9,12,26H,5,8,10-11,13-16H2,1H3,(H,22,25). The van der Waals surface area contributed by atoms with Gasteiger partial charge in [0.1, 0.15) is 5.82 Å². The molecule has 6 nitrogen and oxygen atoms in total. The van der Waals surface area contributed by atoms with Crippen molar-refractivity contribution < 1.29 is 9.90 Å². The number of nitrogens with zero attached hydrogens (tertiary/aromatic N) is 3. The topological polar surface area (TPSA) is 70.4 Å². The Hall–Kier alpha value is -2.18. The SMILES string of the molecule is Cc1nccn1CCNC(=O)CC1(O)CCCN(Cc2ccccc2)C1. The van der Waals surface area contributed by atoms with Crippen LogP contribution in [-0.2, 0) is 17.9 Å². The fourth-order valence-electron chi connectivity index (χ4n) is 3.64. The van der Waals surface area contributed by atoms with Crippen LogP contribution < -0.4 is 5.32 Å². The summed E-state index contributed by atoms with van der Waals surface area (Å²) in [7, 11) is 0. The molecular weight excluding hydrogens is 328 g/mol. The summed E-state index contributed by atoms with van der Waals surface area (Å²) in [6.45, 7) is 5.48. The van der Waals surface area contributed by atoms with Crippen LogP contribution in [0.1, 0.15) is 30.7 Å². The van der Waals surface area contributed by atoms with E-state index < -0.39 is 5.60 Å². The van der Waals surface area contributed by atoms with Gasteiger partial charge in [-0.1, -0.05) is 30.3 Å². The maximum absolute atomic E-state index is 12.3. The zero-order valence-corrected chi connectivity index (χ0v) is 15.4. The molecule has 3 rings (SSSR count). The van der Waals surface area contributed by atoms with Gasteiger partial charge in [0.25, 0.3) is 0 Å². The molecule has 0 aliphatic carbocycles. The first-order valence-electron chi connectivity index (χ1n) is 9.27. The summed E-state index contributed by atoms with van der Waals surface area (Å²) in [6, 6.07) is 10.3. The zero-order valence-electron chi connectivity index (χ0n) is 15.4. The normalized spacial score (nSPS) is 20.8. The minimum Gasteiger partial charge on any atom is -0.388 e. The molecule has 1 unspecified atom stereocenters. The average Bonchev–Trinajstić information content (AvgIpc) is 3.00. The van der Waals surface area contributed by atoms with Crippen molar-refractivity contribution in [1.82, 2.24) is 19.8 Å². The van der Waals surface area contributed by atoms with Crippen LogP contribution in [0.5, 0.6) is 0 Å². The first kappa shape index (κ1) is 18.6. The second-order valence-electron chi connectivity index (χ2n) is 7.22. The highest BCUT2D eigenvalue weighted by atomic mass is 16.3. The Bertz CT molecular complexity index is 716. The first-order valence-corrected chi connectivity index (χ1v) is 9.27. The number of likely N-dealkylation sites (tertiary alicyclic amines) is 1. The van der Waals surface area contributed by atoms with Crippen LogP contribution in [0.4, 0.5) is 0 Å². The number of aryl methyl sites for hydroxylation is 1. The van der Waals surface area contributed by atoms with Gasteiger partial charge >= 0.3 is 0 Å². The van der Waals surface area contributed by atoms with Crippen LogP contribution in [-0.4, -0.2) is 50.7 Å². The van der Waals surface area contributed by atoms with E-state index in [1.807, 2.05) is 35.9 Å². The number of aromatic nitrogens is 2. The predicted molar refractivity (Wildman–Crippen MR) is 100 cm³/mol. The van der Waals surface area contributed by atoms with Crippen LogP contribution in [0.3, 0.4) is 0 Å². The number of hydrogen-bond donors (Lipinski definition) is 2. The third-order valence-electron chi connectivity index (χ3n) is 4.97. The van der Waals surface area contributed by atoms with E-state index in [9.17, 15) is 9.90 Å². The Balaban J connectivity index is 1.46. The van der Waals surface area contributed by atoms with Gasteiger partial charge in [-0.25, -0.2) is 4.98 Å². The molecule has 2 aromatic rings. The van der Waals surface area contributed by atoms with Gasteiger partial charge in [-0.2, -0.15) is 0 Å². The van der Waals surface area contributed by atoms with Crippen LogP contribution >= 0.6 is 0 Å². The lowest BCUT2D eigenvalue weighted by Gasteiger charge is -2.39. The summed E-state index contributed by atoms with van der Waals surface area (Å²) in [5.41, 5.74) is 0.291. The summed E-state index contributed by atoms with van der Waals surface area (Å²) < 4.78 is 2.00. The number of rotatable bonds is 7. The molecule has 1 saturated heterocycles. The first-order chi connectivity index (χ1) is 12.5. The van der Waals surface area contributed by atoms with Crippen molar-refractivity contribution in [2.24, 2.45) is 0 Å². The molecule has 1 atom stereocenters. The van der Waals surface area contributed by atoms with E-state index in [1.54, 1.807) is 6.20 Å². The molecule has 1 aliphatic heterocycles. The number of β-amino-alcohol motifs (C(OH)–C–C–N with tert-alkyl or cyclic N) is 1. The Morgan fingerprint density at radius 3 is 2.88 bits per heavy atom. The third kappa shape index (κ3) is 5.16. The molecule has 26 heavy (non-hydrogen) atoms. The Kier molecular flexibility index (Phi) is 6.06. The van der Waals surface area contributed by atoms with Crippen molar-refractivity contribution in [3.05, 3.63) is 54.1 Å². The molecule has 1 fully saturated rings. The number of amides is 1. The largest absolute Gasteiger partial charge is 0.388 e. The molecule has 1 aromatic carbocycles. The van der Waals surface area contributed by atoms with E-state index in [0.717, 1.165) is 25.3 Å². The van der Waals surface area contributed by atoms with Crippen molar-refractivity contribution in [2.45, 2.75) is 44.9 Å². The molecule has 2 N–H and O–H groups in total. The quantitative estimate of drug-likeness (QED) is 0.793. The monoisotopic (exact) mass is 356 g/mol. The molecule has 0 radical (unpaired) electrons. The van der Waals surface area contributed by atoms with Gasteiger partial charge in [0.15, 0.2) is 0 Å². The lowest BCUT2D eigenvalue weighted by Crippen LogP contribution is -2.50. The van der Waals surface area contributed by atoms with E-state index in [4.69, 9.17) is 0 Å². The summed E-state index contributed by atoms with van der Waals surface area (Å²) in [6.07, 6.45) is 5.39. The highest BCUT2D eigenvalue weighted by Gasteiger charge is 2.35. The fourth-order valence-corrected chi connectivity index (χ4v) is 3.64. The average molecular weight is 356 g/mol. The number of carbonyl (C=O) groups excluding carboxylic acids is 1. The highest BCUT2D eigenvalue weighted by molar-refractivity contribution is 5.77. The molecule has 0 spiro atoms. The number of carbonyl (C=O) groups is 1. The maximum atomic E-state index is 12.3. The number of nitrogens with one attached hydrogen (secondary N) is 1. The van der Waals surface area contributed by atoms with Crippen LogP contribution in [0.25, 0.3) is 0 Å². The third-order valence-corrected chi connectivity index (χ3v) is 4.97. The van der Waals surface area contributed by atoms with E-state index in [-0.39, 0.29) is 12.3 Å². The van der Waals surface area contributed by atoms with Gasteiger partial charge in [0.05, 0.1) is 12.0 Å². The molecule has 2 heterocycles. The van der Waals surface area contributed by atoms with E-state index >= 15 is 0 Å². The van der Waals surface area contributed by atoms with E-state index in [0.29, 0.717) is 26.1 Å². The van der Waals surface area contributed by atoms with Crippen molar-refractivity contribution in [3.63, 3.8) is 0 Å². The van der Waals surface area contributed by atoms with Gasteiger partial charge in [0, 0.05) is 38.6 Å². The van der Waals surface area contributed by atoms with Gasteiger partial charge in [-0.3, -0.25) is 9.69 Å². The maximum Gasteiger partial charge on any atom is 0.223 e. The molecule has 0 bridgehead atoms. The Morgan fingerprint density at radius 1 is 1.35 bits per heavy atom. The van der Waals surface area contributed by atoms with Crippen LogP contribution in [0.2, 0.25) is 0 Å². The molecule has 0 saturated carbocycles. The second kappa shape index (κ2) is 8.47. The summed E-state index contributed by atoms with van der Waals surface area (Å²) in [5, 5.41) is 13.8. The summed E-state index contributed by atoms with van der Waals surface area (Å²) >= 11 is 0. The van der Waals surface area contributed by atoms with Crippen molar-refractivity contribution >= 4 is 5.91 Å². The molecular formula is C20H28N4O2. The fraction of sp³-hybridized carbons (Fsp3) is 0.500. The number of imidazole rings is 1. The minimum atomic E-state index is -0.942. The molecule has 140 valence electrons.